The minimum absolute atomic E-state index is 0.261. The molecule has 0 aliphatic rings. The minimum atomic E-state index is 0.261. The molecule has 0 unspecified atom stereocenters. The Morgan fingerprint density at radius 3 is 2.56 bits per heavy atom. The minimum Gasteiger partial charge on any atom is -0.366 e. The standard InChI is InChI=1S/C7H13NO/c1-7(2)9-6-4-3-5-8/h7H,5-6,8H2,1-2H3. The summed E-state index contributed by atoms with van der Waals surface area (Å²) in [4.78, 5) is 0. The first-order valence-electron chi connectivity index (χ1n) is 3.04. The molecule has 0 aliphatic carbocycles. The molecule has 0 aromatic carbocycles. The van der Waals surface area contributed by atoms with E-state index in [0.717, 1.165) is 0 Å². The second-order valence-corrected chi connectivity index (χ2v) is 1.92. The van der Waals surface area contributed by atoms with Crippen molar-refractivity contribution in [2.24, 2.45) is 5.73 Å². The first kappa shape index (κ1) is 8.48. The zero-order valence-electron chi connectivity index (χ0n) is 5.98. The Bertz CT molecular complexity index is 110. The molecule has 0 atom stereocenters. The summed E-state index contributed by atoms with van der Waals surface area (Å²) < 4.78 is 5.11. The summed E-state index contributed by atoms with van der Waals surface area (Å²) in [6, 6.07) is 0. The van der Waals surface area contributed by atoms with Gasteiger partial charge in [-0.05, 0) is 13.8 Å². The third-order valence-electron chi connectivity index (χ3n) is 0.716. The van der Waals surface area contributed by atoms with Crippen LogP contribution in [-0.2, 0) is 4.74 Å². The van der Waals surface area contributed by atoms with Gasteiger partial charge < -0.3 is 10.5 Å². The van der Waals surface area contributed by atoms with E-state index in [1.54, 1.807) is 0 Å². The highest BCUT2D eigenvalue weighted by atomic mass is 16.5. The molecular weight excluding hydrogens is 114 g/mol. The van der Waals surface area contributed by atoms with Crippen LogP contribution in [0.4, 0.5) is 0 Å². The average Bonchev–Trinajstić information content (AvgIpc) is 1.80. The molecular formula is C7H13NO. The fourth-order valence-corrected chi connectivity index (χ4v) is 0.332. The number of nitrogens with two attached hydrogens (primary N) is 1. The molecule has 0 fully saturated rings. The van der Waals surface area contributed by atoms with Gasteiger partial charge in [-0.3, -0.25) is 0 Å². The summed E-state index contributed by atoms with van der Waals surface area (Å²) in [5, 5.41) is 0. The molecule has 0 amide bonds. The van der Waals surface area contributed by atoms with Crippen molar-refractivity contribution in [2.75, 3.05) is 13.2 Å². The molecule has 0 aromatic rings. The Balaban J connectivity index is 3.09. The van der Waals surface area contributed by atoms with Crippen LogP contribution in [0.1, 0.15) is 13.8 Å². The second kappa shape index (κ2) is 5.61. The van der Waals surface area contributed by atoms with Crippen LogP contribution in [-0.4, -0.2) is 19.3 Å². The van der Waals surface area contributed by atoms with Crippen molar-refractivity contribution >= 4 is 0 Å². The first-order chi connectivity index (χ1) is 4.27. The summed E-state index contributed by atoms with van der Waals surface area (Å²) in [5.41, 5.74) is 5.12. The van der Waals surface area contributed by atoms with Gasteiger partial charge in [-0.1, -0.05) is 11.8 Å². The van der Waals surface area contributed by atoms with Gasteiger partial charge in [-0.15, -0.1) is 0 Å². The topological polar surface area (TPSA) is 35.2 Å². The van der Waals surface area contributed by atoms with E-state index in [1.807, 2.05) is 13.8 Å². The van der Waals surface area contributed by atoms with E-state index in [9.17, 15) is 0 Å². The number of rotatable bonds is 2. The van der Waals surface area contributed by atoms with Crippen LogP contribution in [0.2, 0.25) is 0 Å². The normalized spacial score (nSPS) is 8.89. The van der Waals surface area contributed by atoms with Gasteiger partial charge in [0.05, 0.1) is 12.6 Å². The van der Waals surface area contributed by atoms with Gasteiger partial charge in [0.1, 0.15) is 6.61 Å². The van der Waals surface area contributed by atoms with Crippen LogP contribution in [0.15, 0.2) is 0 Å². The Labute approximate surface area is 56.4 Å². The first-order valence-corrected chi connectivity index (χ1v) is 3.04. The average molecular weight is 127 g/mol. The molecule has 0 rings (SSSR count). The molecule has 2 heteroatoms. The van der Waals surface area contributed by atoms with Gasteiger partial charge in [-0.25, -0.2) is 0 Å². The second-order valence-electron chi connectivity index (χ2n) is 1.92. The molecule has 0 aliphatic heterocycles. The van der Waals surface area contributed by atoms with Crippen molar-refractivity contribution in [1.29, 1.82) is 0 Å². The highest BCUT2D eigenvalue weighted by Crippen LogP contribution is 1.83. The third-order valence-corrected chi connectivity index (χ3v) is 0.716. The summed E-state index contributed by atoms with van der Waals surface area (Å²) in [6.07, 6.45) is 0.261. The van der Waals surface area contributed by atoms with E-state index in [1.165, 1.54) is 0 Å². The molecule has 0 radical (unpaired) electrons. The molecule has 0 saturated carbocycles. The maximum Gasteiger partial charge on any atom is 0.108 e. The zero-order chi connectivity index (χ0) is 7.11. The largest absolute Gasteiger partial charge is 0.366 e. The lowest BCUT2D eigenvalue weighted by molar-refractivity contribution is 0.107. The van der Waals surface area contributed by atoms with E-state index < -0.39 is 0 Å². The van der Waals surface area contributed by atoms with Crippen molar-refractivity contribution in [1.82, 2.24) is 0 Å². The van der Waals surface area contributed by atoms with Crippen LogP contribution in [0.5, 0.6) is 0 Å². The fourth-order valence-electron chi connectivity index (χ4n) is 0.332. The van der Waals surface area contributed by atoms with Crippen LogP contribution in [0.25, 0.3) is 0 Å². The van der Waals surface area contributed by atoms with Crippen LogP contribution in [0, 0.1) is 11.8 Å². The van der Waals surface area contributed by atoms with E-state index >= 15 is 0 Å². The molecule has 0 aromatic heterocycles. The molecule has 2 N–H and O–H groups in total. The van der Waals surface area contributed by atoms with E-state index in [4.69, 9.17) is 10.5 Å². The Morgan fingerprint density at radius 1 is 1.44 bits per heavy atom. The lowest BCUT2D eigenvalue weighted by Gasteiger charge is -2.00. The van der Waals surface area contributed by atoms with Crippen molar-refractivity contribution in [2.45, 2.75) is 20.0 Å². The van der Waals surface area contributed by atoms with Crippen molar-refractivity contribution < 1.29 is 4.74 Å². The van der Waals surface area contributed by atoms with Gasteiger partial charge in [0.15, 0.2) is 0 Å². The van der Waals surface area contributed by atoms with Gasteiger partial charge in [0, 0.05) is 0 Å². The molecule has 52 valence electrons. The Hall–Kier alpha value is -0.520. The smallest absolute Gasteiger partial charge is 0.108 e. The summed E-state index contributed by atoms with van der Waals surface area (Å²) in [5.74, 6) is 5.48. The zero-order valence-corrected chi connectivity index (χ0v) is 5.98. The Kier molecular flexibility index (Phi) is 5.29. The van der Waals surface area contributed by atoms with Gasteiger partial charge in [0.25, 0.3) is 0 Å². The molecule has 9 heavy (non-hydrogen) atoms. The molecule has 0 bridgehead atoms. The summed E-state index contributed by atoms with van der Waals surface area (Å²) >= 11 is 0. The van der Waals surface area contributed by atoms with Crippen LogP contribution < -0.4 is 5.73 Å². The molecule has 0 heterocycles. The SMILES string of the molecule is CC(C)OCC#CCN. The Morgan fingerprint density at radius 2 is 2.11 bits per heavy atom. The summed E-state index contributed by atoms with van der Waals surface area (Å²) in [6.45, 7) is 4.87. The summed E-state index contributed by atoms with van der Waals surface area (Å²) in [7, 11) is 0. The number of ether oxygens (including phenoxy) is 1. The van der Waals surface area contributed by atoms with Gasteiger partial charge >= 0.3 is 0 Å². The highest BCUT2D eigenvalue weighted by molar-refractivity contribution is 4.99. The predicted octanol–water partition coefficient (Wildman–Crippen LogP) is 0.374. The fraction of sp³-hybridized carbons (Fsp3) is 0.714. The quantitative estimate of drug-likeness (QED) is 0.544. The lowest BCUT2D eigenvalue weighted by Crippen LogP contribution is -2.02. The monoisotopic (exact) mass is 127 g/mol. The van der Waals surface area contributed by atoms with Gasteiger partial charge in [0.2, 0.25) is 0 Å². The van der Waals surface area contributed by atoms with Crippen molar-refractivity contribution in [3.05, 3.63) is 0 Å². The lowest BCUT2D eigenvalue weighted by atomic mass is 10.5. The molecule has 0 saturated heterocycles. The predicted molar refractivity (Wildman–Crippen MR) is 37.9 cm³/mol. The van der Waals surface area contributed by atoms with Gasteiger partial charge in [-0.2, -0.15) is 0 Å². The van der Waals surface area contributed by atoms with Crippen LogP contribution >= 0.6 is 0 Å². The highest BCUT2D eigenvalue weighted by Gasteiger charge is 1.86. The maximum atomic E-state index is 5.12. The van der Waals surface area contributed by atoms with Crippen LogP contribution in [0.3, 0.4) is 0 Å². The maximum absolute atomic E-state index is 5.12. The van der Waals surface area contributed by atoms with Crippen molar-refractivity contribution in [3.63, 3.8) is 0 Å². The number of hydrogen-bond donors (Lipinski definition) is 1. The van der Waals surface area contributed by atoms with E-state index in [2.05, 4.69) is 11.8 Å². The van der Waals surface area contributed by atoms with E-state index in [-0.39, 0.29) is 6.10 Å². The van der Waals surface area contributed by atoms with E-state index in [0.29, 0.717) is 13.2 Å². The molecule has 0 spiro atoms. The van der Waals surface area contributed by atoms with Crippen molar-refractivity contribution in [3.8, 4) is 11.8 Å². The third kappa shape index (κ3) is 7.48. The number of hydrogen-bond acceptors (Lipinski definition) is 2. The molecule has 2 nitrogen and oxygen atoms in total.